The highest BCUT2D eigenvalue weighted by Gasteiger charge is 2.05. The van der Waals surface area contributed by atoms with E-state index in [-0.39, 0.29) is 11.9 Å². The fourth-order valence-corrected chi connectivity index (χ4v) is 2.28. The summed E-state index contributed by atoms with van der Waals surface area (Å²) in [6.45, 7) is 0. The second kappa shape index (κ2) is 6.72. The van der Waals surface area contributed by atoms with Gasteiger partial charge in [-0.3, -0.25) is 4.79 Å². The molecule has 0 aliphatic carbocycles. The van der Waals surface area contributed by atoms with Gasteiger partial charge in [-0.05, 0) is 46.7 Å². The molecule has 2 aromatic rings. The highest BCUT2D eigenvalue weighted by atomic mass is 32.1. The van der Waals surface area contributed by atoms with Crippen LogP contribution in [0.15, 0.2) is 41.1 Å². The van der Waals surface area contributed by atoms with Gasteiger partial charge in [0, 0.05) is 18.4 Å². The standard InChI is InChI=1S/C14H15N3O2S/c1-15-14(19)17-12-4-2-11(3-5-12)16-13(18)8-10-6-7-20-9-10/h2-7,9H,8H2,1H3,(H,16,18)(H2,15,17,19). The van der Waals surface area contributed by atoms with Crippen molar-refractivity contribution in [1.82, 2.24) is 5.32 Å². The Morgan fingerprint density at radius 1 is 1.05 bits per heavy atom. The van der Waals surface area contributed by atoms with Gasteiger partial charge < -0.3 is 16.0 Å². The van der Waals surface area contributed by atoms with Gasteiger partial charge in [0.1, 0.15) is 0 Å². The average Bonchev–Trinajstić information content (AvgIpc) is 2.93. The zero-order chi connectivity index (χ0) is 14.4. The molecule has 1 aromatic heterocycles. The molecular formula is C14H15N3O2S. The maximum absolute atomic E-state index is 11.8. The molecule has 6 heteroatoms. The molecule has 1 heterocycles. The molecule has 3 N–H and O–H groups in total. The van der Waals surface area contributed by atoms with Gasteiger partial charge >= 0.3 is 6.03 Å². The van der Waals surface area contributed by atoms with Crippen LogP contribution in [0.25, 0.3) is 0 Å². The third kappa shape index (κ3) is 4.10. The Balaban J connectivity index is 1.90. The predicted molar refractivity (Wildman–Crippen MR) is 81.2 cm³/mol. The highest BCUT2D eigenvalue weighted by molar-refractivity contribution is 7.08. The van der Waals surface area contributed by atoms with E-state index >= 15 is 0 Å². The molecule has 5 nitrogen and oxygen atoms in total. The lowest BCUT2D eigenvalue weighted by Crippen LogP contribution is -2.24. The molecule has 0 radical (unpaired) electrons. The van der Waals surface area contributed by atoms with Crippen molar-refractivity contribution >= 4 is 34.6 Å². The summed E-state index contributed by atoms with van der Waals surface area (Å²) in [6, 6.07) is 8.61. The number of hydrogen-bond acceptors (Lipinski definition) is 3. The molecule has 0 atom stereocenters. The van der Waals surface area contributed by atoms with Crippen LogP contribution in [0.3, 0.4) is 0 Å². The largest absolute Gasteiger partial charge is 0.341 e. The highest BCUT2D eigenvalue weighted by Crippen LogP contribution is 2.14. The number of carbonyl (C=O) groups excluding carboxylic acids is 2. The molecule has 0 spiro atoms. The number of benzene rings is 1. The van der Waals surface area contributed by atoms with E-state index in [4.69, 9.17) is 0 Å². The van der Waals surface area contributed by atoms with Gasteiger partial charge in [0.05, 0.1) is 6.42 Å². The molecule has 0 fully saturated rings. The van der Waals surface area contributed by atoms with Gasteiger partial charge in [-0.2, -0.15) is 11.3 Å². The maximum atomic E-state index is 11.8. The first-order chi connectivity index (χ1) is 9.67. The van der Waals surface area contributed by atoms with Crippen LogP contribution in [-0.2, 0) is 11.2 Å². The number of rotatable bonds is 4. The van der Waals surface area contributed by atoms with E-state index in [0.717, 1.165) is 5.56 Å². The second-order valence-electron chi connectivity index (χ2n) is 4.14. The van der Waals surface area contributed by atoms with Crippen molar-refractivity contribution in [2.45, 2.75) is 6.42 Å². The van der Waals surface area contributed by atoms with Gasteiger partial charge in [-0.25, -0.2) is 4.79 Å². The molecule has 0 aliphatic rings. The maximum Gasteiger partial charge on any atom is 0.318 e. The van der Waals surface area contributed by atoms with E-state index in [2.05, 4.69) is 16.0 Å². The van der Waals surface area contributed by atoms with Gasteiger partial charge in [0.25, 0.3) is 0 Å². The zero-order valence-electron chi connectivity index (χ0n) is 11.0. The Kier molecular flexibility index (Phi) is 4.73. The molecule has 0 saturated heterocycles. The minimum absolute atomic E-state index is 0.0598. The van der Waals surface area contributed by atoms with Crippen LogP contribution in [0.5, 0.6) is 0 Å². The molecule has 20 heavy (non-hydrogen) atoms. The Morgan fingerprint density at radius 2 is 1.70 bits per heavy atom. The number of urea groups is 1. The molecular weight excluding hydrogens is 274 g/mol. The van der Waals surface area contributed by atoms with E-state index in [0.29, 0.717) is 17.8 Å². The number of amides is 3. The van der Waals surface area contributed by atoms with Crippen molar-refractivity contribution in [2.75, 3.05) is 17.7 Å². The van der Waals surface area contributed by atoms with Crippen LogP contribution < -0.4 is 16.0 Å². The van der Waals surface area contributed by atoms with Crippen molar-refractivity contribution < 1.29 is 9.59 Å². The fraction of sp³-hybridized carbons (Fsp3) is 0.143. The first-order valence-corrected chi connectivity index (χ1v) is 7.01. The smallest absolute Gasteiger partial charge is 0.318 e. The average molecular weight is 289 g/mol. The minimum atomic E-state index is -0.278. The van der Waals surface area contributed by atoms with Gasteiger partial charge in [0.15, 0.2) is 0 Å². The Labute approximate surface area is 121 Å². The Hall–Kier alpha value is -2.34. The van der Waals surface area contributed by atoms with Crippen molar-refractivity contribution in [3.05, 3.63) is 46.7 Å². The lowest BCUT2D eigenvalue weighted by molar-refractivity contribution is -0.115. The first kappa shape index (κ1) is 14.1. The zero-order valence-corrected chi connectivity index (χ0v) is 11.8. The fourth-order valence-electron chi connectivity index (χ4n) is 1.61. The molecule has 2 rings (SSSR count). The van der Waals surface area contributed by atoms with E-state index in [9.17, 15) is 9.59 Å². The molecule has 104 valence electrons. The van der Waals surface area contributed by atoms with Crippen LogP contribution >= 0.6 is 11.3 Å². The lowest BCUT2D eigenvalue weighted by Gasteiger charge is -2.07. The monoisotopic (exact) mass is 289 g/mol. The van der Waals surface area contributed by atoms with Gasteiger partial charge in [0.2, 0.25) is 5.91 Å². The van der Waals surface area contributed by atoms with Gasteiger partial charge in [-0.1, -0.05) is 0 Å². The first-order valence-electron chi connectivity index (χ1n) is 6.07. The van der Waals surface area contributed by atoms with Crippen molar-refractivity contribution in [2.24, 2.45) is 0 Å². The summed E-state index contributed by atoms with van der Waals surface area (Å²) in [4.78, 5) is 22.9. The summed E-state index contributed by atoms with van der Waals surface area (Å²) < 4.78 is 0. The van der Waals surface area contributed by atoms with E-state index in [1.54, 1.807) is 42.6 Å². The Morgan fingerprint density at radius 3 is 2.25 bits per heavy atom. The quantitative estimate of drug-likeness (QED) is 0.810. The predicted octanol–water partition coefficient (Wildman–Crippen LogP) is 2.68. The SMILES string of the molecule is CNC(=O)Nc1ccc(NC(=O)Cc2ccsc2)cc1. The summed E-state index contributed by atoms with van der Waals surface area (Å²) in [5, 5.41) is 11.8. The van der Waals surface area contributed by atoms with Crippen molar-refractivity contribution in [3.63, 3.8) is 0 Å². The van der Waals surface area contributed by atoms with E-state index < -0.39 is 0 Å². The lowest BCUT2D eigenvalue weighted by atomic mass is 10.2. The van der Waals surface area contributed by atoms with Crippen molar-refractivity contribution in [3.8, 4) is 0 Å². The van der Waals surface area contributed by atoms with Crippen molar-refractivity contribution in [1.29, 1.82) is 0 Å². The van der Waals surface area contributed by atoms with E-state index in [1.807, 2.05) is 16.8 Å². The molecule has 1 aromatic carbocycles. The molecule has 0 saturated carbocycles. The summed E-state index contributed by atoms with van der Waals surface area (Å²) in [7, 11) is 1.55. The topological polar surface area (TPSA) is 70.2 Å². The normalized spacial score (nSPS) is 9.85. The third-order valence-electron chi connectivity index (χ3n) is 2.60. The number of thiophene rings is 1. The molecule has 0 bridgehead atoms. The van der Waals surface area contributed by atoms with Crippen LogP contribution in [-0.4, -0.2) is 19.0 Å². The molecule has 3 amide bonds. The third-order valence-corrected chi connectivity index (χ3v) is 3.33. The number of anilines is 2. The molecule has 0 unspecified atom stereocenters. The van der Waals surface area contributed by atoms with Crippen LogP contribution in [0.2, 0.25) is 0 Å². The van der Waals surface area contributed by atoms with Crippen LogP contribution in [0, 0.1) is 0 Å². The summed E-state index contributed by atoms with van der Waals surface area (Å²) in [6.07, 6.45) is 0.363. The summed E-state index contributed by atoms with van der Waals surface area (Å²) in [5.74, 6) is -0.0598. The van der Waals surface area contributed by atoms with E-state index in [1.165, 1.54) is 0 Å². The number of carbonyl (C=O) groups is 2. The number of nitrogens with one attached hydrogen (secondary N) is 3. The number of hydrogen-bond donors (Lipinski definition) is 3. The summed E-state index contributed by atoms with van der Waals surface area (Å²) >= 11 is 1.57. The van der Waals surface area contributed by atoms with Crippen LogP contribution in [0.4, 0.5) is 16.2 Å². The second-order valence-corrected chi connectivity index (χ2v) is 4.92. The molecule has 0 aliphatic heterocycles. The Bertz CT molecular complexity index is 579. The summed E-state index contributed by atoms with van der Waals surface area (Å²) in [5.41, 5.74) is 2.37. The van der Waals surface area contributed by atoms with Gasteiger partial charge in [-0.15, -0.1) is 0 Å². The minimum Gasteiger partial charge on any atom is -0.341 e. The van der Waals surface area contributed by atoms with Crippen LogP contribution in [0.1, 0.15) is 5.56 Å².